The molecule has 1 aromatic heterocycles. The first kappa shape index (κ1) is 13.1. The van der Waals surface area contributed by atoms with Crippen LogP contribution in [0.3, 0.4) is 0 Å². The van der Waals surface area contributed by atoms with Gasteiger partial charge >= 0.3 is 0 Å². The standard InChI is InChI=1S/C15H26N4/c1-12-9-15(18(2)17-12)11-19(14-6-7-14)10-13-5-3-4-8-16-13/h9,13-14,16H,3-8,10-11H2,1-2H3. The van der Waals surface area contributed by atoms with Gasteiger partial charge in [-0.1, -0.05) is 6.42 Å². The van der Waals surface area contributed by atoms with E-state index in [2.05, 4.69) is 35.4 Å². The molecule has 4 nitrogen and oxygen atoms in total. The number of piperidine rings is 1. The average molecular weight is 262 g/mol. The van der Waals surface area contributed by atoms with Crippen LogP contribution in [0.15, 0.2) is 6.07 Å². The van der Waals surface area contributed by atoms with E-state index in [0.29, 0.717) is 6.04 Å². The smallest absolute Gasteiger partial charge is 0.0597 e. The van der Waals surface area contributed by atoms with E-state index in [4.69, 9.17) is 0 Å². The maximum absolute atomic E-state index is 4.47. The number of rotatable bonds is 5. The minimum atomic E-state index is 0.698. The van der Waals surface area contributed by atoms with Gasteiger partial charge in [-0.05, 0) is 45.2 Å². The second-order valence-electron chi connectivity index (χ2n) is 6.21. The van der Waals surface area contributed by atoms with Crippen LogP contribution in [-0.2, 0) is 13.6 Å². The molecule has 2 aliphatic rings. The lowest BCUT2D eigenvalue weighted by atomic mass is 10.0. The molecule has 0 spiro atoms. The summed E-state index contributed by atoms with van der Waals surface area (Å²) in [6.07, 6.45) is 6.84. The Labute approximate surface area is 116 Å². The van der Waals surface area contributed by atoms with Gasteiger partial charge in [0.15, 0.2) is 0 Å². The van der Waals surface area contributed by atoms with Gasteiger partial charge in [-0.3, -0.25) is 9.58 Å². The van der Waals surface area contributed by atoms with Gasteiger partial charge < -0.3 is 5.32 Å². The first-order valence-electron chi connectivity index (χ1n) is 7.69. The Morgan fingerprint density at radius 1 is 1.37 bits per heavy atom. The minimum Gasteiger partial charge on any atom is -0.313 e. The van der Waals surface area contributed by atoms with Crippen LogP contribution in [0.25, 0.3) is 0 Å². The molecule has 1 unspecified atom stereocenters. The third-order valence-electron chi connectivity index (χ3n) is 4.39. The van der Waals surface area contributed by atoms with Crippen LogP contribution in [0, 0.1) is 6.92 Å². The van der Waals surface area contributed by atoms with E-state index in [0.717, 1.165) is 18.3 Å². The molecular weight excluding hydrogens is 236 g/mol. The summed E-state index contributed by atoms with van der Waals surface area (Å²) in [4.78, 5) is 2.67. The highest BCUT2D eigenvalue weighted by atomic mass is 15.3. The molecule has 1 aliphatic heterocycles. The van der Waals surface area contributed by atoms with Crippen LogP contribution >= 0.6 is 0 Å². The van der Waals surface area contributed by atoms with E-state index in [1.54, 1.807) is 0 Å². The molecular formula is C15H26N4. The fraction of sp³-hybridized carbons (Fsp3) is 0.800. The van der Waals surface area contributed by atoms with Gasteiger partial charge in [0.05, 0.1) is 11.4 Å². The maximum atomic E-state index is 4.47. The van der Waals surface area contributed by atoms with Crippen molar-refractivity contribution >= 4 is 0 Å². The summed E-state index contributed by atoms with van der Waals surface area (Å²) in [5.41, 5.74) is 2.48. The first-order chi connectivity index (χ1) is 9.22. The van der Waals surface area contributed by atoms with Crippen LogP contribution in [0.2, 0.25) is 0 Å². The van der Waals surface area contributed by atoms with Crippen molar-refractivity contribution in [3.05, 3.63) is 17.5 Å². The number of aromatic nitrogens is 2. The molecule has 1 N–H and O–H groups in total. The van der Waals surface area contributed by atoms with Crippen LogP contribution in [0.5, 0.6) is 0 Å². The van der Waals surface area contributed by atoms with Crippen LogP contribution < -0.4 is 5.32 Å². The van der Waals surface area contributed by atoms with Gasteiger partial charge in [0, 0.05) is 32.2 Å². The molecule has 1 saturated carbocycles. The Hall–Kier alpha value is -0.870. The lowest BCUT2D eigenvalue weighted by Crippen LogP contribution is -2.44. The van der Waals surface area contributed by atoms with E-state index >= 15 is 0 Å². The van der Waals surface area contributed by atoms with Crippen LogP contribution in [0.4, 0.5) is 0 Å². The number of hydrogen-bond acceptors (Lipinski definition) is 3. The van der Waals surface area contributed by atoms with Gasteiger partial charge in [0.25, 0.3) is 0 Å². The Morgan fingerprint density at radius 2 is 2.21 bits per heavy atom. The summed E-state index contributed by atoms with van der Waals surface area (Å²) in [5, 5.41) is 8.14. The second-order valence-corrected chi connectivity index (χ2v) is 6.21. The third kappa shape index (κ3) is 3.37. The molecule has 0 radical (unpaired) electrons. The summed E-state index contributed by atoms with van der Waals surface area (Å²) in [6.45, 7) is 5.54. The summed E-state index contributed by atoms with van der Waals surface area (Å²) in [7, 11) is 2.06. The van der Waals surface area contributed by atoms with Gasteiger partial charge in [-0.25, -0.2) is 0 Å². The Morgan fingerprint density at radius 3 is 2.79 bits per heavy atom. The summed E-state index contributed by atoms with van der Waals surface area (Å²) >= 11 is 0. The highest BCUT2D eigenvalue weighted by Crippen LogP contribution is 2.29. The van der Waals surface area contributed by atoms with E-state index in [1.807, 2.05) is 4.68 Å². The van der Waals surface area contributed by atoms with Crippen molar-refractivity contribution in [3.63, 3.8) is 0 Å². The number of nitrogens with one attached hydrogen (secondary N) is 1. The molecule has 2 heterocycles. The number of nitrogens with zero attached hydrogens (tertiary/aromatic N) is 3. The lowest BCUT2D eigenvalue weighted by molar-refractivity contribution is 0.204. The molecule has 0 amide bonds. The van der Waals surface area contributed by atoms with Crippen molar-refractivity contribution in [1.29, 1.82) is 0 Å². The molecule has 0 aromatic carbocycles. The van der Waals surface area contributed by atoms with Crippen molar-refractivity contribution in [3.8, 4) is 0 Å². The van der Waals surface area contributed by atoms with Gasteiger partial charge in [-0.15, -0.1) is 0 Å². The molecule has 0 bridgehead atoms. The van der Waals surface area contributed by atoms with Crippen LogP contribution in [0.1, 0.15) is 43.5 Å². The molecule has 4 heteroatoms. The molecule has 2 fully saturated rings. The molecule has 3 rings (SSSR count). The highest BCUT2D eigenvalue weighted by molar-refractivity contribution is 5.09. The molecule has 1 aliphatic carbocycles. The maximum Gasteiger partial charge on any atom is 0.0597 e. The zero-order valence-corrected chi connectivity index (χ0v) is 12.2. The summed E-state index contributed by atoms with van der Waals surface area (Å²) < 4.78 is 2.04. The van der Waals surface area contributed by atoms with Crippen molar-refractivity contribution in [2.24, 2.45) is 7.05 Å². The van der Waals surface area contributed by atoms with E-state index in [9.17, 15) is 0 Å². The van der Waals surface area contributed by atoms with Crippen molar-refractivity contribution in [1.82, 2.24) is 20.0 Å². The predicted molar refractivity (Wildman–Crippen MR) is 77.0 cm³/mol. The minimum absolute atomic E-state index is 0.698. The Bertz CT molecular complexity index is 416. The monoisotopic (exact) mass is 262 g/mol. The topological polar surface area (TPSA) is 33.1 Å². The van der Waals surface area contributed by atoms with Crippen molar-refractivity contribution < 1.29 is 0 Å². The van der Waals surface area contributed by atoms with E-state index < -0.39 is 0 Å². The molecule has 1 aromatic rings. The van der Waals surface area contributed by atoms with Gasteiger partial charge in [0.1, 0.15) is 0 Å². The van der Waals surface area contributed by atoms with Gasteiger partial charge in [-0.2, -0.15) is 5.10 Å². The summed E-state index contributed by atoms with van der Waals surface area (Å²) in [5.74, 6) is 0. The normalized spacial score (nSPS) is 24.1. The number of aryl methyl sites for hydroxylation is 2. The quantitative estimate of drug-likeness (QED) is 0.879. The fourth-order valence-corrected chi connectivity index (χ4v) is 3.17. The first-order valence-corrected chi connectivity index (χ1v) is 7.69. The van der Waals surface area contributed by atoms with E-state index in [-0.39, 0.29) is 0 Å². The molecule has 106 valence electrons. The molecule has 1 atom stereocenters. The van der Waals surface area contributed by atoms with Gasteiger partial charge in [0.2, 0.25) is 0 Å². The van der Waals surface area contributed by atoms with Crippen molar-refractivity contribution in [2.75, 3.05) is 13.1 Å². The fourth-order valence-electron chi connectivity index (χ4n) is 3.17. The van der Waals surface area contributed by atoms with Crippen molar-refractivity contribution in [2.45, 2.75) is 57.7 Å². The largest absolute Gasteiger partial charge is 0.313 e. The number of hydrogen-bond donors (Lipinski definition) is 1. The zero-order valence-electron chi connectivity index (χ0n) is 12.2. The lowest BCUT2D eigenvalue weighted by Gasteiger charge is -2.30. The Balaban J connectivity index is 1.62. The third-order valence-corrected chi connectivity index (χ3v) is 4.39. The molecule has 19 heavy (non-hydrogen) atoms. The Kier molecular flexibility index (Phi) is 3.89. The summed E-state index contributed by atoms with van der Waals surface area (Å²) in [6, 6.07) is 3.74. The SMILES string of the molecule is Cc1cc(CN(CC2CCCCN2)C2CC2)n(C)n1. The second kappa shape index (κ2) is 5.63. The highest BCUT2D eigenvalue weighted by Gasteiger charge is 2.31. The average Bonchev–Trinajstić information content (AvgIpc) is 3.18. The molecule has 1 saturated heterocycles. The zero-order chi connectivity index (χ0) is 13.2. The predicted octanol–water partition coefficient (Wildman–Crippen LogP) is 1.84. The van der Waals surface area contributed by atoms with Crippen LogP contribution in [-0.4, -0.2) is 39.9 Å². The van der Waals surface area contributed by atoms with E-state index in [1.165, 1.54) is 50.9 Å².